The maximum Gasteiger partial charge on any atom is 0.214 e. The lowest BCUT2D eigenvalue weighted by Gasteiger charge is -2.30. The van der Waals surface area contributed by atoms with Crippen molar-refractivity contribution in [3.8, 4) is 0 Å². The molecule has 2 heterocycles. The van der Waals surface area contributed by atoms with E-state index in [9.17, 15) is 8.42 Å². The van der Waals surface area contributed by atoms with Crippen LogP contribution in [0.25, 0.3) is 0 Å². The van der Waals surface area contributed by atoms with Crippen LogP contribution >= 0.6 is 11.3 Å². The molecule has 1 atom stereocenters. The van der Waals surface area contributed by atoms with E-state index >= 15 is 0 Å². The summed E-state index contributed by atoms with van der Waals surface area (Å²) >= 11 is 1.50. The normalized spacial score (nSPS) is 22.8. The third-order valence-corrected chi connectivity index (χ3v) is 6.09. The second-order valence-corrected chi connectivity index (χ2v) is 9.42. The third-order valence-electron chi connectivity index (χ3n) is 3.40. The highest BCUT2D eigenvalue weighted by atomic mass is 32.2. The SMILES string of the molecule is COC1CCS(=O)(=O)N(Cc2csc(COC(C)(C)C)n2)C1. The monoisotopic (exact) mass is 348 g/mol. The molecule has 1 aliphatic rings. The summed E-state index contributed by atoms with van der Waals surface area (Å²) in [6, 6.07) is 0. The predicted molar refractivity (Wildman–Crippen MR) is 86.3 cm³/mol. The Morgan fingerprint density at radius 2 is 2.18 bits per heavy atom. The zero-order valence-electron chi connectivity index (χ0n) is 13.5. The lowest BCUT2D eigenvalue weighted by atomic mass is 10.2. The standard InChI is InChI=1S/C14H24N2O4S2/c1-14(2,3)20-9-13-15-11(10-21-13)7-16-8-12(19-4)5-6-22(16,17)18/h10,12H,5-9H2,1-4H3. The van der Waals surface area contributed by atoms with Gasteiger partial charge in [-0.3, -0.25) is 0 Å². The fraction of sp³-hybridized carbons (Fsp3) is 0.786. The van der Waals surface area contributed by atoms with Crippen molar-refractivity contribution in [3.63, 3.8) is 0 Å². The van der Waals surface area contributed by atoms with Crippen molar-refractivity contribution in [3.05, 3.63) is 16.1 Å². The molecule has 2 rings (SSSR count). The van der Waals surface area contributed by atoms with Gasteiger partial charge in [-0.25, -0.2) is 13.4 Å². The zero-order chi connectivity index (χ0) is 16.4. The number of hydrogen-bond acceptors (Lipinski definition) is 6. The van der Waals surface area contributed by atoms with E-state index in [1.807, 2.05) is 26.2 Å². The highest BCUT2D eigenvalue weighted by Gasteiger charge is 2.32. The number of sulfonamides is 1. The first-order valence-electron chi connectivity index (χ1n) is 7.27. The quantitative estimate of drug-likeness (QED) is 0.814. The van der Waals surface area contributed by atoms with Gasteiger partial charge in [0.25, 0.3) is 0 Å². The molecule has 0 N–H and O–H groups in total. The van der Waals surface area contributed by atoms with Gasteiger partial charge >= 0.3 is 0 Å². The highest BCUT2D eigenvalue weighted by molar-refractivity contribution is 7.89. The van der Waals surface area contributed by atoms with Crippen molar-refractivity contribution >= 4 is 21.4 Å². The summed E-state index contributed by atoms with van der Waals surface area (Å²) in [5, 5.41) is 2.76. The number of thiazole rings is 1. The Morgan fingerprint density at radius 1 is 1.45 bits per heavy atom. The smallest absolute Gasteiger partial charge is 0.214 e. The summed E-state index contributed by atoms with van der Waals surface area (Å²) in [5.74, 6) is 0.135. The number of nitrogens with zero attached hydrogens (tertiary/aromatic N) is 2. The van der Waals surface area contributed by atoms with Crippen molar-refractivity contribution < 1.29 is 17.9 Å². The largest absolute Gasteiger partial charge is 0.380 e. The van der Waals surface area contributed by atoms with Gasteiger partial charge in [-0.15, -0.1) is 11.3 Å². The van der Waals surface area contributed by atoms with Crippen LogP contribution in [0.2, 0.25) is 0 Å². The lowest BCUT2D eigenvalue weighted by Crippen LogP contribution is -2.44. The van der Waals surface area contributed by atoms with Gasteiger partial charge in [0, 0.05) is 19.0 Å². The van der Waals surface area contributed by atoms with Gasteiger partial charge in [0.1, 0.15) is 5.01 Å². The third kappa shape index (κ3) is 4.99. The second-order valence-electron chi connectivity index (χ2n) is 6.39. The molecule has 1 fully saturated rings. The molecule has 1 aromatic heterocycles. The highest BCUT2D eigenvalue weighted by Crippen LogP contribution is 2.21. The summed E-state index contributed by atoms with van der Waals surface area (Å²) in [6.45, 7) is 7.12. The molecule has 1 saturated heterocycles. The van der Waals surface area contributed by atoms with E-state index in [0.29, 0.717) is 26.1 Å². The van der Waals surface area contributed by atoms with E-state index in [4.69, 9.17) is 9.47 Å². The first kappa shape index (κ1) is 17.8. The molecule has 0 spiro atoms. The first-order chi connectivity index (χ1) is 10.2. The van der Waals surface area contributed by atoms with Gasteiger partial charge in [-0.1, -0.05) is 0 Å². The Balaban J connectivity index is 1.99. The van der Waals surface area contributed by atoms with Crippen LogP contribution in [-0.2, 0) is 32.6 Å². The molecule has 1 aliphatic heterocycles. The van der Waals surface area contributed by atoms with Crippen molar-refractivity contribution in [2.24, 2.45) is 0 Å². The molecular formula is C14H24N2O4S2. The predicted octanol–water partition coefficient (Wildman–Crippen LogP) is 2.01. The minimum absolute atomic E-state index is 0.0362. The minimum atomic E-state index is -3.20. The summed E-state index contributed by atoms with van der Waals surface area (Å²) < 4.78 is 36.7. The maximum absolute atomic E-state index is 12.1. The van der Waals surface area contributed by atoms with Crippen molar-refractivity contribution in [1.82, 2.24) is 9.29 Å². The summed E-state index contributed by atoms with van der Waals surface area (Å²) in [5.41, 5.74) is 0.547. The van der Waals surface area contributed by atoms with Crippen LogP contribution in [0, 0.1) is 0 Å². The molecule has 22 heavy (non-hydrogen) atoms. The molecule has 0 bridgehead atoms. The van der Waals surface area contributed by atoms with E-state index in [-0.39, 0.29) is 17.5 Å². The number of ether oxygens (including phenoxy) is 2. The zero-order valence-corrected chi connectivity index (χ0v) is 15.2. The molecular weight excluding hydrogens is 324 g/mol. The lowest BCUT2D eigenvalue weighted by molar-refractivity contribution is -0.0150. The summed E-state index contributed by atoms with van der Waals surface area (Å²) in [6.07, 6.45) is 0.516. The number of methoxy groups -OCH3 is 1. The van der Waals surface area contributed by atoms with E-state index in [2.05, 4.69) is 4.98 Å². The molecule has 1 aromatic rings. The van der Waals surface area contributed by atoms with Crippen molar-refractivity contribution in [2.75, 3.05) is 19.4 Å². The molecule has 1 unspecified atom stereocenters. The minimum Gasteiger partial charge on any atom is -0.380 e. The molecule has 126 valence electrons. The Labute approximate surface area is 136 Å². The number of aromatic nitrogens is 1. The Hall–Kier alpha value is -0.540. The van der Waals surface area contributed by atoms with Crippen LogP contribution in [0.5, 0.6) is 0 Å². The average Bonchev–Trinajstić information content (AvgIpc) is 2.86. The van der Waals surface area contributed by atoms with Crippen LogP contribution in [0.15, 0.2) is 5.38 Å². The molecule has 0 aliphatic carbocycles. The van der Waals surface area contributed by atoms with E-state index < -0.39 is 10.0 Å². The van der Waals surface area contributed by atoms with Gasteiger partial charge in [0.05, 0.1) is 36.3 Å². The molecule has 8 heteroatoms. The number of hydrogen-bond donors (Lipinski definition) is 0. The Morgan fingerprint density at radius 3 is 2.82 bits per heavy atom. The van der Waals surface area contributed by atoms with Crippen LogP contribution in [0.3, 0.4) is 0 Å². The van der Waals surface area contributed by atoms with Gasteiger partial charge in [-0.05, 0) is 27.2 Å². The van der Waals surface area contributed by atoms with Crippen molar-refractivity contribution in [1.29, 1.82) is 0 Å². The van der Waals surface area contributed by atoms with Crippen LogP contribution in [-0.4, -0.2) is 48.8 Å². The van der Waals surface area contributed by atoms with E-state index in [0.717, 1.165) is 10.7 Å². The van der Waals surface area contributed by atoms with Gasteiger partial charge in [0.2, 0.25) is 10.0 Å². The second kappa shape index (κ2) is 6.92. The first-order valence-corrected chi connectivity index (χ1v) is 9.76. The van der Waals surface area contributed by atoms with Crippen LogP contribution < -0.4 is 0 Å². The van der Waals surface area contributed by atoms with Crippen LogP contribution in [0.4, 0.5) is 0 Å². The maximum atomic E-state index is 12.1. The van der Waals surface area contributed by atoms with Crippen LogP contribution in [0.1, 0.15) is 37.9 Å². The van der Waals surface area contributed by atoms with Gasteiger partial charge in [0.15, 0.2) is 0 Å². The van der Waals surface area contributed by atoms with Crippen molar-refractivity contribution in [2.45, 2.75) is 52.0 Å². The topological polar surface area (TPSA) is 68.7 Å². The molecule has 0 aromatic carbocycles. The Kier molecular flexibility index (Phi) is 5.60. The molecule has 0 radical (unpaired) electrons. The Bertz CT molecular complexity index is 592. The summed E-state index contributed by atoms with van der Waals surface area (Å²) in [4.78, 5) is 4.47. The fourth-order valence-electron chi connectivity index (χ4n) is 2.14. The molecule has 0 saturated carbocycles. The fourth-order valence-corrected chi connectivity index (χ4v) is 4.38. The molecule has 6 nitrogen and oxygen atoms in total. The average molecular weight is 348 g/mol. The molecule has 0 amide bonds. The van der Waals surface area contributed by atoms with Gasteiger partial charge in [-0.2, -0.15) is 4.31 Å². The van der Waals surface area contributed by atoms with E-state index in [1.54, 1.807) is 7.11 Å². The summed E-state index contributed by atoms with van der Waals surface area (Å²) in [7, 11) is -1.59. The number of rotatable bonds is 5. The van der Waals surface area contributed by atoms with Gasteiger partial charge < -0.3 is 9.47 Å². The van der Waals surface area contributed by atoms with E-state index in [1.165, 1.54) is 15.6 Å².